The van der Waals surface area contributed by atoms with E-state index in [0.29, 0.717) is 25.9 Å². The summed E-state index contributed by atoms with van der Waals surface area (Å²) in [5.74, 6) is 0.871. The monoisotopic (exact) mass is 670 g/mol. The predicted molar refractivity (Wildman–Crippen MR) is 199 cm³/mol. The number of anilines is 1. The number of allylic oxidation sites excluding steroid dienone is 1. The molecule has 260 valence electrons. The number of benzene rings is 3. The second kappa shape index (κ2) is 15.9. The quantitative estimate of drug-likeness (QED) is 0.196. The summed E-state index contributed by atoms with van der Waals surface area (Å²) in [4.78, 5) is 37.0. The number of likely N-dealkylation sites (tertiary alicyclic amines) is 2. The molecule has 0 N–H and O–H groups in total. The number of ether oxygens (including phenoxy) is 1. The molecule has 2 amide bonds. The third-order valence-electron chi connectivity index (χ3n) is 10.9. The SMILES string of the molecule is COC1=CC2C(C(c3ccccc3)c3ccccc3)=C(C(=O)N(CCCN3CCCC3=O)c3ccccc3)N(CCN3CCCCC3)C2C=C1. The Bertz CT molecular complexity index is 1660. The summed E-state index contributed by atoms with van der Waals surface area (Å²) in [5, 5.41) is 0. The zero-order chi connectivity index (χ0) is 34.3. The van der Waals surface area contributed by atoms with Gasteiger partial charge < -0.3 is 24.3 Å². The van der Waals surface area contributed by atoms with E-state index in [9.17, 15) is 4.79 Å². The normalized spacial score (nSPS) is 20.8. The summed E-state index contributed by atoms with van der Waals surface area (Å²) in [5.41, 5.74) is 5.11. The maximum Gasteiger partial charge on any atom is 0.274 e. The van der Waals surface area contributed by atoms with Gasteiger partial charge in [-0.3, -0.25) is 9.59 Å². The minimum Gasteiger partial charge on any atom is -0.497 e. The Balaban J connectivity index is 1.36. The zero-order valence-electron chi connectivity index (χ0n) is 29.3. The molecule has 0 radical (unpaired) electrons. The largest absolute Gasteiger partial charge is 0.497 e. The number of rotatable bonds is 13. The van der Waals surface area contributed by atoms with Crippen LogP contribution in [0.1, 0.15) is 55.6 Å². The first-order valence-corrected chi connectivity index (χ1v) is 18.5. The molecule has 3 aromatic carbocycles. The highest BCUT2D eigenvalue weighted by Gasteiger charge is 2.47. The first-order valence-electron chi connectivity index (χ1n) is 18.5. The Hall–Kier alpha value is -4.62. The molecule has 7 rings (SSSR count). The summed E-state index contributed by atoms with van der Waals surface area (Å²) in [6, 6.07) is 31.4. The van der Waals surface area contributed by atoms with E-state index in [1.54, 1.807) is 7.11 Å². The molecule has 4 aliphatic rings. The molecule has 2 unspecified atom stereocenters. The molecule has 0 saturated carbocycles. The van der Waals surface area contributed by atoms with Gasteiger partial charge in [0.25, 0.3) is 5.91 Å². The molecular formula is C43H50N4O3. The maximum atomic E-state index is 15.6. The van der Waals surface area contributed by atoms with Crippen molar-refractivity contribution in [1.29, 1.82) is 0 Å². The average Bonchev–Trinajstić information content (AvgIpc) is 3.73. The molecule has 3 aromatic rings. The Morgan fingerprint density at radius 2 is 1.48 bits per heavy atom. The van der Waals surface area contributed by atoms with Gasteiger partial charge in [0.1, 0.15) is 11.5 Å². The van der Waals surface area contributed by atoms with E-state index < -0.39 is 0 Å². The Morgan fingerprint density at radius 3 is 2.10 bits per heavy atom. The van der Waals surface area contributed by atoms with Crippen molar-refractivity contribution in [3.63, 3.8) is 0 Å². The summed E-state index contributed by atoms with van der Waals surface area (Å²) in [6.07, 6.45) is 12.5. The lowest BCUT2D eigenvalue weighted by Gasteiger charge is -2.35. The Labute approximate surface area is 297 Å². The second-order valence-electron chi connectivity index (χ2n) is 13.9. The fourth-order valence-corrected chi connectivity index (χ4v) is 8.38. The molecule has 7 heteroatoms. The molecule has 7 nitrogen and oxygen atoms in total. The van der Waals surface area contributed by atoms with Gasteiger partial charge in [0, 0.05) is 56.7 Å². The minimum absolute atomic E-state index is 0.0117. The van der Waals surface area contributed by atoms with Gasteiger partial charge in [-0.1, -0.05) is 91.4 Å². The molecule has 0 aromatic heterocycles. The van der Waals surface area contributed by atoms with Crippen LogP contribution in [0.2, 0.25) is 0 Å². The Morgan fingerprint density at radius 1 is 0.820 bits per heavy atom. The third-order valence-corrected chi connectivity index (χ3v) is 10.9. The first-order chi connectivity index (χ1) is 24.6. The van der Waals surface area contributed by atoms with Crippen molar-refractivity contribution in [2.75, 3.05) is 57.8 Å². The molecule has 2 atom stereocenters. The van der Waals surface area contributed by atoms with E-state index >= 15 is 4.79 Å². The van der Waals surface area contributed by atoms with Crippen molar-refractivity contribution < 1.29 is 14.3 Å². The van der Waals surface area contributed by atoms with Crippen LogP contribution in [-0.2, 0) is 14.3 Å². The summed E-state index contributed by atoms with van der Waals surface area (Å²) in [6.45, 7) is 5.86. The van der Waals surface area contributed by atoms with Crippen molar-refractivity contribution in [2.45, 2.75) is 50.5 Å². The lowest BCUT2D eigenvalue weighted by Crippen LogP contribution is -2.45. The molecule has 3 aliphatic heterocycles. The van der Waals surface area contributed by atoms with Crippen molar-refractivity contribution in [3.05, 3.63) is 137 Å². The zero-order valence-corrected chi connectivity index (χ0v) is 29.3. The number of fused-ring (bicyclic) bond motifs is 1. The fraction of sp³-hybridized carbons (Fsp3) is 0.395. The van der Waals surface area contributed by atoms with Gasteiger partial charge in [-0.05, 0) is 79.8 Å². The van der Waals surface area contributed by atoms with Crippen molar-refractivity contribution in [2.24, 2.45) is 5.92 Å². The lowest BCUT2D eigenvalue weighted by molar-refractivity contribution is -0.127. The van der Waals surface area contributed by atoms with Gasteiger partial charge in [-0.25, -0.2) is 0 Å². The number of nitrogens with zero attached hydrogens (tertiary/aromatic N) is 4. The van der Waals surface area contributed by atoms with Crippen LogP contribution in [0.25, 0.3) is 0 Å². The van der Waals surface area contributed by atoms with Gasteiger partial charge in [-0.2, -0.15) is 0 Å². The highest BCUT2D eigenvalue weighted by molar-refractivity contribution is 6.06. The molecule has 3 heterocycles. The van der Waals surface area contributed by atoms with E-state index in [4.69, 9.17) is 4.74 Å². The van der Waals surface area contributed by atoms with E-state index in [-0.39, 0.29) is 29.7 Å². The number of methoxy groups -OCH3 is 1. The number of para-hydroxylation sites is 1. The molecule has 0 spiro atoms. The molecule has 50 heavy (non-hydrogen) atoms. The number of carbonyl (C=O) groups excluding carboxylic acids is 2. The van der Waals surface area contributed by atoms with Crippen LogP contribution in [0.4, 0.5) is 5.69 Å². The van der Waals surface area contributed by atoms with Crippen LogP contribution in [0.5, 0.6) is 0 Å². The Kier molecular flexibility index (Phi) is 10.8. The summed E-state index contributed by atoms with van der Waals surface area (Å²) < 4.78 is 5.85. The summed E-state index contributed by atoms with van der Waals surface area (Å²) >= 11 is 0. The molecule has 2 saturated heterocycles. The number of carbonyl (C=O) groups is 2. The molecular weight excluding hydrogens is 620 g/mol. The fourth-order valence-electron chi connectivity index (χ4n) is 8.38. The van der Waals surface area contributed by atoms with Gasteiger partial charge in [0.05, 0.1) is 13.2 Å². The topological polar surface area (TPSA) is 56.3 Å². The number of amides is 2. The van der Waals surface area contributed by atoms with Crippen molar-refractivity contribution in [3.8, 4) is 0 Å². The number of piperidine rings is 1. The summed E-state index contributed by atoms with van der Waals surface area (Å²) in [7, 11) is 1.73. The maximum absolute atomic E-state index is 15.6. The molecule has 0 bridgehead atoms. The van der Waals surface area contributed by atoms with E-state index in [0.717, 1.165) is 73.0 Å². The highest BCUT2D eigenvalue weighted by atomic mass is 16.5. The van der Waals surface area contributed by atoms with Crippen molar-refractivity contribution >= 4 is 17.5 Å². The first kappa shape index (κ1) is 33.9. The van der Waals surface area contributed by atoms with Crippen LogP contribution >= 0.6 is 0 Å². The average molecular weight is 671 g/mol. The van der Waals surface area contributed by atoms with Gasteiger partial charge in [-0.15, -0.1) is 0 Å². The third kappa shape index (κ3) is 7.29. The number of hydrogen-bond acceptors (Lipinski definition) is 5. The minimum atomic E-state index is -0.135. The van der Waals surface area contributed by atoms with Gasteiger partial charge >= 0.3 is 0 Å². The van der Waals surface area contributed by atoms with Crippen LogP contribution in [-0.4, -0.2) is 85.5 Å². The van der Waals surface area contributed by atoms with Crippen molar-refractivity contribution in [1.82, 2.24) is 14.7 Å². The molecule has 1 aliphatic carbocycles. The van der Waals surface area contributed by atoms with Gasteiger partial charge in [0.15, 0.2) is 0 Å². The van der Waals surface area contributed by atoms with E-state index in [2.05, 4.69) is 88.7 Å². The van der Waals surface area contributed by atoms with Crippen LogP contribution in [0.3, 0.4) is 0 Å². The smallest absolute Gasteiger partial charge is 0.274 e. The van der Waals surface area contributed by atoms with Crippen LogP contribution in [0.15, 0.2) is 126 Å². The molecule has 2 fully saturated rings. The van der Waals surface area contributed by atoms with E-state index in [1.807, 2.05) is 40.1 Å². The second-order valence-corrected chi connectivity index (χ2v) is 13.9. The standard InChI is InChI=1S/C43H50N4O3/c1-50-36-23-24-38-37(32-36)41(40(33-16-6-2-7-17-33)34-18-8-3-9-19-34)42(47(38)31-30-44-25-12-5-13-26-44)43(49)46(35-20-10-4-11-21-35)29-15-28-45-27-14-22-39(45)48/h2-4,6-11,16-21,23-24,32,37-38,40H,5,12-15,22,25-31H2,1H3. The number of hydrogen-bond donors (Lipinski definition) is 0. The van der Waals surface area contributed by atoms with E-state index in [1.165, 1.54) is 19.3 Å². The highest BCUT2D eigenvalue weighted by Crippen LogP contribution is 2.48. The van der Waals surface area contributed by atoms with Crippen LogP contribution in [0, 0.1) is 5.92 Å². The lowest BCUT2D eigenvalue weighted by atomic mass is 9.76. The van der Waals surface area contributed by atoms with Gasteiger partial charge in [0.2, 0.25) is 5.91 Å². The van der Waals surface area contributed by atoms with Crippen LogP contribution < -0.4 is 4.90 Å². The predicted octanol–water partition coefficient (Wildman–Crippen LogP) is 7.00.